The Labute approximate surface area is 155 Å². The lowest BCUT2D eigenvalue weighted by Crippen LogP contribution is -2.24. The predicted octanol–water partition coefficient (Wildman–Crippen LogP) is 2.58. The van der Waals surface area contributed by atoms with Crippen LogP contribution in [-0.4, -0.2) is 31.8 Å². The second kappa shape index (κ2) is 8.96. The van der Waals surface area contributed by atoms with E-state index in [-0.39, 0.29) is 16.6 Å². The van der Waals surface area contributed by atoms with Crippen LogP contribution in [0.2, 0.25) is 0 Å². The topological polar surface area (TPSA) is 83.5 Å². The molecule has 5 nitrogen and oxygen atoms in total. The van der Waals surface area contributed by atoms with Crippen LogP contribution in [0.15, 0.2) is 53.4 Å². The molecule has 140 valence electrons. The van der Waals surface area contributed by atoms with E-state index < -0.39 is 16.4 Å². The van der Waals surface area contributed by atoms with Gasteiger partial charge in [0.25, 0.3) is 5.91 Å². The normalized spacial score (nSPS) is 11.5. The lowest BCUT2D eigenvalue weighted by Gasteiger charge is -2.12. The summed E-state index contributed by atoms with van der Waals surface area (Å²) in [6.07, 6.45) is 0.834. The fourth-order valence-corrected chi connectivity index (χ4v) is 3.72. The minimum atomic E-state index is -3.46. The monoisotopic (exact) mass is 375 g/mol. The number of amides is 1. The molecule has 0 aromatic heterocycles. The molecule has 0 radical (unpaired) electrons. The molecule has 2 rings (SSSR count). The van der Waals surface area contributed by atoms with Crippen molar-refractivity contribution < 1.29 is 18.3 Å². The Morgan fingerprint density at radius 3 is 2.35 bits per heavy atom. The van der Waals surface area contributed by atoms with Crippen molar-refractivity contribution in [3.05, 3.63) is 65.2 Å². The summed E-state index contributed by atoms with van der Waals surface area (Å²) in [6.45, 7) is 4.13. The molecule has 0 atom stereocenters. The van der Waals surface area contributed by atoms with Crippen molar-refractivity contribution in [2.45, 2.75) is 31.7 Å². The quantitative estimate of drug-likeness (QED) is 0.743. The lowest BCUT2D eigenvalue weighted by atomic mass is 9.97. The highest BCUT2D eigenvalue weighted by Gasteiger charge is 2.14. The van der Waals surface area contributed by atoms with Crippen LogP contribution in [-0.2, 0) is 22.8 Å². The molecule has 26 heavy (non-hydrogen) atoms. The predicted molar refractivity (Wildman–Crippen MR) is 102 cm³/mol. The van der Waals surface area contributed by atoms with Crippen LogP contribution < -0.4 is 5.32 Å². The maximum Gasteiger partial charge on any atom is 0.251 e. The Bertz CT molecular complexity index is 842. The third-order valence-electron chi connectivity index (χ3n) is 3.99. The van der Waals surface area contributed by atoms with Crippen LogP contribution in [0.4, 0.5) is 0 Å². The summed E-state index contributed by atoms with van der Waals surface area (Å²) in [6, 6.07) is 13.9. The number of aliphatic hydroxyl groups is 1. The summed E-state index contributed by atoms with van der Waals surface area (Å²) in [5.41, 5.74) is 2.50. The van der Waals surface area contributed by atoms with Gasteiger partial charge in [-0.2, -0.15) is 0 Å². The number of benzene rings is 2. The van der Waals surface area contributed by atoms with Crippen LogP contribution in [0.25, 0.3) is 0 Å². The van der Waals surface area contributed by atoms with Gasteiger partial charge in [0.15, 0.2) is 9.84 Å². The maximum atomic E-state index is 12.5. The Morgan fingerprint density at radius 2 is 1.73 bits per heavy atom. The molecule has 2 N–H and O–H groups in total. The molecule has 0 saturated carbocycles. The molecular formula is C20H25NO4S. The zero-order chi connectivity index (χ0) is 19.2. The Morgan fingerprint density at radius 1 is 1.08 bits per heavy atom. The smallest absolute Gasteiger partial charge is 0.251 e. The minimum Gasteiger partial charge on any atom is -0.395 e. The van der Waals surface area contributed by atoms with Crippen LogP contribution in [0.5, 0.6) is 0 Å². The van der Waals surface area contributed by atoms with E-state index in [1.807, 2.05) is 24.3 Å². The molecule has 1 amide bonds. The number of nitrogens with one attached hydrogen (secondary N) is 1. The van der Waals surface area contributed by atoms with Gasteiger partial charge in [0.2, 0.25) is 0 Å². The van der Waals surface area contributed by atoms with Crippen molar-refractivity contribution in [1.82, 2.24) is 5.32 Å². The maximum absolute atomic E-state index is 12.5. The van der Waals surface area contributed by atoms with Gasteiger partial charge in [-0.15, -0.1) is 0 Å². The second-order valence-corrected chi connectivity index (χ2v) is 8.73. The molecule has 0 bridgehead atoms. The first-order valence-corrected chi connectivity index (χ1v) is 10.3. The first-order chi connectivity index (χ1) is 12.3. The Kier molecular flexibility index (Phi) is 6.94. The van der Waals surface area contributed by atoms with E-state index >= 15 is 0 Å². The van der Waals surface area contributed by atoms with Gasteiger partial charge in [-0.3, -0.25) is 4.79 Å². The summed E-state index contributed by atoms with van der Waals surface area (Å²) in [7, 11) is -3.46. The number of carbonyl (C=O) groups excluding carboxylic acids is 1. The summed E-state index contributed by atoms with van der Waals surface area (Å²) in [5.74, 6) is 0.0194. The molecule has 6 heteroatoms. The molecule has 0 unspecified atom stereocenters. The average Bonchev–Trinajstić information content (AvgIpc) is 2.60. The summed E-state index contributed by atoms with van der Waals surface area (Å²) < 4.78 is 23.8. The van der Waals surface area contributed by atoms with Gasteiger partial charge < -0.3 is 10.4 Å². The first kappa shape index (κ1) is 20.1. The van der Waals surface area contributed by atoms with E-state index in [4.69, 9.17) is 5.11 Å². The van der Waals surface area contributed by atoms with Crippen LogP contribution in [0.3, 0.4) is 0 Å². The number of rotatable bonds is 8. The number of hydrogen-bond donors (Lipinski definition) is 2. The van der Waals surface area contributed by atoms with E-state index in [9.17, 15) is 13.2 Å². The summed E-state index contributed by atoms with van der Waals surface area (Å²) in [5, 5.41) is 11.7. The molecule has 0 aliphatic heterocycles. The highest BCUT2D eigenvalue weighted by atomic mass is 32.2. The van der Waals surface area contributed by atoms with Gasteiger partial charge in [-0.1, -0.05) is 44.2 Å². The van der Waals surface area contributed by atoms with Gasteiger partial charge in [0, 0.05) is 12.1 Å². The zero-order valence-corrected chi connectivity index (χ0v) is 15.9. The minimum absolute atomic E-state index is 0.141. The fourth-order valence-electron chi connectivity index (χ4n) is 2.69. The van der Waals surface area contributed by atoms with Crippen LogP contribution >= 0.6 is 0 Å². The zero-order valence-electron chi connectivity index (χ0n) is 15.1. The van der Waals surface area contributed by atoms with Crippen molar-refractivity contribution in [1.29, 1.82) is 0 Å². The Hall–Kier alpha value is -2.18. The van der Waals surface area contributed by atoms with E-state index in [0.29, 0.717) is 18.0 Å². The molecular weight excluding hydrogens is 350 g/mol. The van der Waals surface area contributed by atoms with Gasteiger partial charge >= 0.3 is 0 Å². The Balaban J connectivity index is 2.04. The molecule has 0 aliphatic rings. The number of carbonyl (C=O) groups is 1. The molecule has 0 saturated heterocycles. The highest BCUT2D eigenvalue weighted by molar-refractivity contribution is 7.91. The number of hydrogen-bond acceptors (Lipinski definition) is 4. The van der Waals surface area contributed by atoms with Gasteiger partial charge in [-0.25, -0.2) is 8.42 Å². The average molecular weight is 375 g/mol. The lowest BCUT2D eigenvalue weighted by molar-refractivity contribution is 0.0950. The SMILES string of the molecule is CC(C)Cc1ccccc1C(=O)NCc1ccc(S(=O)(=O)CCO)cc1. The van der Waals surface area contributed by atoms with Crippen molar-refractivity contribution in [3.63, 3.8) is 0 Å². The number of sulfone groups is 1. The second-order valence-electron chi connectivity index (χ2n) is 6.62. The van der Waals surface area contributed by atoms with Crippen LogP contribution in [0, 0.1) is 5.92 Å². The fraction of sp³-hybridized carbons (Fsp3) is 0.350. The molecule has 0 aliphatic carbocycles. The van der Waals surface area contributed by atoms with E-state index in [2.05, 4.69) is 19.2 Å². The molecule has 2 aromatic rings. The van der Waals surface area contributed by atoms with E-state index in [0.717, 1.165) is 17.5 Å². The summed E-state index contributed by atoms with van der Waals surface area (Å²) >= 11 is 0. The van der Waals surface area contributed by atoms with Gasteiger partial charge in [0.1, 0.15) is 0 Å². The van der Waals surface area contributed by atoms with Crippen molar-refractivity contribution in [2.75, 3.05) is 12.4 Å². The molecule has 0 spiro atoms. The van der Waals surface area contributed by atoms with Crippen molar-refractivity contribution in [2.24, 2.45) is 5.92 Å². The van der Waals surface area contributed by atoms with Crippen molar-refractivity contribution >= 4 is 15.7 Å². The van der Waals surface area contributed by atoms with E-state index in [1.54, 1.807) is 12.1 Å². The molecule has 0 heterocycles. The van der Waals surface area contributed by atoms with Gasteiger partial charge in [0.05, 0.1) is 17.3 Å². The standard InChI is InChI=1S/C20H25NO4S/c1-15(2)13-17-5-3-4-6-19(17)20(23)21-14-16-7-9-18(10-8-16)26(24,25)12-11-22/h3-10,15,22H,11-14H2,1-2H3,(H,21,23). The highest BCUT2D eigenvalue weighted by Crippen LogP contribution is 2.15. The van der Waals surface area contributed by atoms with Crippen molar-refractivity contribution in [3.8, 4) is 0 Å². The summed E-state index contributed by atoms with van der Waals surface area (Å²) in [4.78, 5) is 12.7. The van der Waals surface area contributed by atoms with Gasteiger partial charge in [-0.05, 0) is 41.7 Å². The third-order valence-corrected chi connectivity index (χ3v) is 5.70. The van der Waals surface area contributed by atoms with E-state index in [1.165, 1.54) is 12.1 Å². The van der Waals surface area contributed by atoms with Crippen LogP contribution in [0.1, 0.15) is 35.3 Å². The molecule has 2 aromatic carbocycles. The third kappa shape index (κ3) is 5.41. The number of aliphatic hydroxyl groups excluding tert-OH is 1. The first-order valence-electron chi connectivity index (χ1n) is 8.62. The molecule has 0 fully saturated rings. The largest absolute Gasteiger partial charge is 0.395 e.